The normalized spacial score (nSPS) is 11.3. The number of hydrogen-bond donors (Lipinski definition) is 2. The largest absolute Gasteiger partial charge is 0.508 e. The van der Waals surface area contributed by atoms with E-state index in [0.29, 0.717) is 33.7 Å². The highest BCUT2D eigenvalue weighted by atomic mass is 32.1. The summed E-state index contributed by atoms with van der Waals surface area (Å²) >= 11 is 1.70. The van der Waals surface area contributed by atoms with Gasteiger partial charge in [0.05, 0.1) is 40.9 Å². The molecule has 0 saturated heterocycles. The fraction of sp³-hybridized carbons (Fsp3) is 0.192. The number of fused-ring (bicyclic) bond motifs is 1. The Labute approximate surface area is 206 Å². The Morgan fingerprint density at radius 2 is 1.86 bits per heavy atom. The summed E-state index contributed by atoms with van der Waals surface area (Å²) in [5, 5.41) is 17.8. The van der Waals surface area contributed by atoms with Crippen LogP contribution in [0.3, 0.4) is 0 Å². The smallest absolute Gasteiger partial charge is 0.256 e. The molecule has 176 valence electrons. The number of phenols is 1. The third-order valence-electron chi connectivity index (χ3n) is 5.63. The number of nitrogens with zero attached hydrogens (tertiary/aromatic N) is 5. The standard InChI is InChI=1S/C26H24N6O2S/c1-14(2)32-25-22(13-29-32)21(10-23(31-25)20-8-15(3)35-16(20)4)26(34)30-18-11-27-24(28-12-18)17-6-5-7-19(33)9-17/h5-14,33H,1-4H3,(H,30,34). The quantitative estimate of drug-likeness (QED) is 0.328. The van der Waals surface area contributed by atoms with E-state index in [1.165, 1.54) is 4.88 Å². The monoisotopic (exact) mass is 484 g/mol. The zero-order valence-corrected chi connectivity index (χ0v) is 20.6. The number of carbonyl (C=O) groups is 1. The van der Waals surface area contributed by atoms with Gasteiger partial charge >= 0.3 is 0 Å². The Hall–Kier alpha value is -4.11. The number of pyridine rings is 1. The number of hydrogen-bond acceptors (Lipinski definition) is 7. The molecule has 0 unspecified atom stereocenters. The third-order valence-corrected chi connectivity index (χ3v) is 6.60. The van der Waals surface area contributed by atoms with Crippen molar-refractivity contribution in [3.63, 3.8) is 0 Å². The van der Waals surface area contributed by atoms with E-state index >= 15 is 0 Å². The average Bonchev–Trinajstić information content (AvgIpc) is 3.41. The molecule has 0 fully saturated rings. The van der Waals surface area contributed by atoms with Gasteiger partial charge in [0.2, 0.25) is 0 Å². The number of aromatic nitrogens is 5. The van der Waals surface area contributed by atoms with Crippen molar-refractivity contribution < 1.29 is 9.90 Å². The van der Waals surface area contributed by atoms with Gasteiger partial charge in [-0.1, -0.05) is 12.1 Å². The van der Waals surface area contributed by atoms with Crippen LogP contribution in [0.4, 0.5) is 5.69 Å². The van der Waals surface area contributed by atoms with Crippen LogP contribution in [-0.4, -0.2) is 35.7 Å². The summed E-state index contributed by atoms with van der Waals surface area (Å²) < 4.78 is 1.83. The predicted octanol–water partition coefficient (Wildman–Crippen LogP) is 5.77. The van der Waals surface area contributed by atoms with E-state index in [2.05, 4.69) is 40.3 Å². The molecule has 1 amide bonds. The number of aromatic hydroxyl groups is 1. The molecular formula is C26H24N6O2S. The molecule has 4 aromatic heterocycles. The van der Waals surface area contributed by atoms with Gasteiger partial charge in [0.1, 0.15) is 5.75 Å². The Kier molecular flexibility index (Phi) is 5.78. The van der Waals surface area contributed by atoms with Crippen molar-refractivity contribution in [2.75, 3.05) is 5.32 Å². The first kappa shape index (κ1) is 22.7. The highest BCUT2D eigenvalue weighted by Crippen LogP contribution is 2.33. The van der Waals surface area contributed by atoms with Crippen molar-refractivity contribution in [3.8, 4) is 28.4 Å². The number of carbonyl (C=O) groups excluding carboxylic acids is 1. The molecular weight excluding hydrogens is 460 g/mol. The van der Waals surface area contributed by atoms with Crippen molar-refractivity contribution in [3.05, 3.63) is 70.3 Å². The number of anilines is 1. The number of phenolic OH excluding ortho intramolecular Hbond substituents is 1. The SMILES string of the molecule is Cc1cc(-c2cc(C(=O)Nc3cnc(-c4cccc(O)c4)nc3)c3cnn(C(C)C)c3n2)c(C)s1. The van der Waals surface area contributed by atoms with E-state index in [4.69, 9.17) is 4.98 Å². The van der Waals surface area contributed by atoms with Crippen LogP contribution < -0.4 is 5.32 Å². The van der Waals surface area contributed by atoms with Crippen LogP contribution in [-0.2, 0) is 0 Å². The van der Waals surface area contributed by atoms with Gasteiger partial charge in [0.25, 0.3) is 5.91 Å². The molecule has 0 aliphatic heterocycles. The van der Waals surface area contributed by atoms with E-state index in [9.17, 15) is 9.90 Å². The predicted molar refractivity (Wildman–Crippen MR) is 138 cm³/mol. The molecule has 0 bridgehead atoms. The maximum atomic E-state index is 13.4. The number of amides is 1. The number of rotatable bonds is 5. The summed E-state index contributed by atoms with van der Waals surface area (Å²) in [6.45, 7) is 8.19. The highest BCUT2D eigenvalue weighted by molar-refractivity contribution is 7.12. The fourth-order valence-corrected chi connectivity index (χ4v) is 4.93. The molecule has 4 heterocycles. The lowest BCUT2D eigenvalue weighted by Crippen LogP contribution is -2.14. The minimum absolute atomic E-state index is 0.0924. The molecule has 0 atom stereocenters. The van der Waals surface area contributed by atoms with Gasteiger partial charge in [-0.25, -0.2) is 19.6 Å². The summed E-state index contributed by atoms with van der Waals surface area (Å²) in [7, 11) is 0. The lowest BCUT2D eigenvalue weighted by molar-refractivity contribution is 0.102. The number of nitrogens with one attached hydrogen (secondary N) is 1. The lowest BCUT2D eigenvalue weighted by Gasteiger charge is -2.11. The Balaban J connectivity index is 1.52. The minimum atomic E-state index is -0.291. The summed E-state index contributed by atoms with van der Waals surface area (Å²) in [4.78, 5) is 29.3. The maximum Gasteiger partial charge on any atom is 0.256 e. The Bertz CT molecular complexity index is 1550. The first-order chi connectivity index (χ1) is 16.8. The van der Waals surface area contributed by atoms with Crippen LogP contribution in [0.15, 0.2) is 55.0 Å². The molecule has 0 aliphatic carbocycles. The van der Waals surface area contributed by atoms with Crippen LogP contribution in [0.5, 0.6) is 5.75 Å². The first-order valence-electron chi connectivity index (χ1n) is 11.2. The van der Waals surface area contributed by atoms with Gasteiger partial charge in [-0.2, -0.15) is 5.10 Å². The molecule has 0 spiro atoms. The molecule has 5 rings (SSSR count). The molecule has 0 saturated carbocycles. The van der Waals surface area contributed by atoms with Gasteiger partial charge in [0.15, 0.2) is 11.5 Å². The zero-order valence-electron chi connectivity index (χ0n) is 19.8. The van der Waals surface area contributed by atoms with E-state index < -0.39 is 0 Å². The third kappa shape index (κ3) is 4.38. The molecule has 0 aliphatic rings. The van der Waals surface area contributed by atoms with E-state index in [0.717, 1.165) is 16.1 Å². The molecule has 35 heavy (non-hydrogen) atoms. The van der Waals surface area contributed by atoms with Crippen molar-refractivity contribution >= 4 is 34.0 Å². The van der Waals surface area contributed by atoms with Gasteiger partial charge < -0.3 is 10.4 Å². The van der Waals surface area contributed by atoms with E-state index in [1.807, 2.05) is 30.7 Å². The second-order valence-electron chi connectivity index (χ2n) is 8.60. The zero-order chi connectivity index (χ0) is 24.7. The molecule has 1 aromatic carbocycles. The Morgan fingerprint density at radius 1 is 1.09 bits per heavy atom. The summed E-state index contributed by atoms with van der Waals surface area (Å²) in [6.07, 6.45) is 4.79. The van der Waals surface area contributed by atoms with Gasteiger partial charge in [-0.3, -0.25) is 4.79 Å². The Morgan fingerprint density at radius 3 is 2.51 bits per heavy atom. The number of benzene rings is 1. The van der Waals surface area contributed by atoms with Crippen molar-refractivity contribution in [2.45, 2.75) is 33.7 Å². The van der Waals surface area contributed by atoms with Crippen molar-refractivity contribution in [2.24, 2.45) is 0 Å². The number of thiophene rings is 1. The molecule has 9 heteroatoms. The van der Waals surface area contributed by atoms with Crippen LogP contribution in [0.25, 0.3) is 33.7 Å². The van der Waals surface area contributed by atoms with Crippen LogP contribution >= 0.6 is 11.3 Å². The van der Waals surface area contributed by atoms with Gasteiger partial charge in [0, 0.05) is 26.9 Å². The molecule has 0 radical (unpaired) electrons. The summed E-state index contributed by atoms with van der Waals surface area (Å²) in [6, 6.07) is 10.7. The number of aryl methyl sites for hydroxylation is 2. The molecule has 2 N–H and O–H groups in total. The maximum absolute atomic E-state index is 13.4. The molecule has 8 nitrogen and oxygen atoms in total. The van der Waals surface area contributed by atoms with E-state index in [1.54, 1.807) is 48.1 Å². The van der Waals surface area contributed by atoms with Gasteiger partial charge in [-0.05, 0) is 52.0 Å². The second-order valence-corrected chi connectivity index (χ2v) is 10.1. The minimum Gasteiger partial charge on any atom is -0.508 e. The van der Waals surface area contributed by atoms with Crippen LogP contribution in [0.2, 0.25) is 0 Å². The van der Waals surface area contributed by atoms with Gasteiger partial charge in [-0.15, -0.1) is 11.3 Å². The van der Waals surface area contributed by atoms with Crippen molar-refractivity contribution in [1.82, 2.24) is 24.7 Å². The summed E-state index contributed by atoms with van der Waals surface area (Å²) in [5.74, 6) is 0.299. The second kappa shape index (κ2) is 8.92. The fourth-order valence-electron chi connectivity index (χ4n) is 3.99. The first-order valence-corrected chi connectivity index (χ1v) is 12.0. The van der Waals surface area contributed by atoms with Crippen LogP contribution in [0.1, 0.15) is 40.0 Å². The van der Waals surface area contributed by atoms with Crippen molar-refractivity contribution in [1.29, 1.82) is 0 Å². The lowest BCUT2D eigenvalue weighted by atomic mass is 10.1. The average molecular weight is 485 g/mol. The highest BCUT2D eigenvalue weighted by Gasteiger charge is 2.20. The molecule has 5 aromatic rings. The van der Waals surface area contributed by atoms with Crippen LogP contribution in [0, 0.1) is 13.8 Å². The summed E-state index contributed by atoms with van der Waals surface area (Å²) in [5.41, 5.74) is 4.05. The van der Waals surface area contributed by atoms with E-state index in [-0.39, 0.29) is 17.7 Å². The topological polar surface area (TPSA) is 106 Å².